The number of benzene rings is 3. The fourth-order valence-electron chi connectivity index (χ4n) is 4.35. The third-order valence-corrected chi connectivity index (χ3v) is 6.46. The van der Waals surface area contributed by atoms with Crippen molar-refractivity contribution in [2.75, 3.05) is 7.11 Å². The van der Waals surface area contributed by atoms with Crippen LogP contribution in [0.2, 0.25) is 5.02 Å². The first-order valence-electron chi connectivity index (χ1n) is 11.3. The number of rotatable bonds is 6. The van der Waals surface area contributed by atoms with Crippen molar-refractivity contribution < 1.29 is 14.2 Å². The Labute approximate surface area is 213 Å². The highest BCUT2D eigenvalue weighted by atomic mass is 35.5. The van der Waals surface area contributed by atoms with Crippen LogP contribution in [-0.2, 0) is 6.61 Å². The molecule has 4 aromatic rings. The molecule has 0 aliphatic carbocycles. The van der Waals surface area contributed by atoms with E-state index >= 15 is 0 Å². The van der Waals surface area contributed by atoms with Crippen LogP contribution in [0.5, 0.6) is 17.4 Å². The molecule has 0 amide bonds. The summed E-state index contributed by atoms with van der Waals surface area (Å²) in [5, 5.41) is 15.4. The predicted molar refractivity (Wildman–Crippen MR) is 136 cm³/mol. The molecule has 2 N–H and O–H groups in total. The number of fused-ring (bicyclic) bond motifs is 1. The monoisotopic (exact) mass is 498 g/mol. The molecule has 1 aliphatic heterocycles. The zero-order valence-electron chi connectivity index (χ0n) is 19.7. The number of hydrogen-bond acceptors (Lipinski definition) is 6. The summed E-state index contributed by atoms with van der Waals surface area (Å²) in [6, 6.07) is 24.9. The van der Waals surface area contributed by atoms with Gasteiger partial charge < -0.3 is 19.9 Å². The lowest BCUT2D eigenvalue weighted by atomic mass is 9.84. The Balaban J connectivity index is 1.60. The molecule has 5 rings (SSSR count). The quantitative estimate of drug-likeness (QED) is 0.369. The van der Waals surface area contributed by atoms with Gasteiger partial charge in [-0.05, 0) is 42.8 Å². The van der Waals surface area contributed by atoms with Crippen LogP contribution < -0.4 is 19.9 Å². The highest BCUT2D eigenvalue weighted by Crippen LogP contribution is 2.46. The molecule has 0 fully saturated rings. The van der Waals surface area contributed by atoms with E-state index in [0.717, 1.165) is 28.1 Å². The van der Waals surface area contributed by atoms with Crippen molar-refractivity contribution in [1.82, 2.24) is 9.78 Å². The van der Waals surface area contributed by atoms with Gasteiger partial charge in [-0.15, -0.1) is 0 Å². The first kappa shape index (κ1) is 23.3. The van der Waals surface area contributed by atoms with Gasteiger partial charge in [0.25, 0.3) is 0 Å². The molecule has 0 radical (unpaired) electrons. The molecular weight excluding hydrogens is 476 g/mol. The SMILES string of the molecule is COc1ccc([C@H]2C(C#N)=C(N)Oc3c2c(C)nn3-c2ccccc2)cc1OCc1ccccc1Cl. The Morgan fingerprint density at radius 1 is 1.08 bits per heavy atom. The van der Waals surface area contributed by atoms with Crippen LogP contribution in [0.1, 0.15) is 28.3 Å². The van der Waals surface area contributed by atoms with Crippen molar-refractivity contribution in [3.05, 3.63) is 112 Å². The van der Waals surface area contributed by atoms with Crippen LogP contribution in [0.15, 0.2) is 84.3 Å². The molecule has 1 aromatic heterocycles. The molecule has 8 heteroatoms. The summed E-state index contributed by atoms with van der Waals surface area (Å²) in [6.07, 6.45) is 0. The van der Waals surface area contributed by atoms with E-state index in [1.54, 1.807) is 11.8 Å². The van der Waals surface area contributed by atoms with E-state index in [1.807, 2.05) is 79.7 Å². The average Bonchev–Trinajstić information content (AvgIpc) is 3.23. The zero-order chi connectivity index (χ0) is 25.2. The summed E-state index contributed by atoms with van der Waals surface area (Å²) in [5.74, 6) is 1.11. The fourth-order valence-corrected chi connectivity index (χ4v) is 4.54. The van der Waals surface area contributed by atoms with E-state index < -0.39 is 5.92 Å². The Bertz CT molecular complexity index is 1510. The molecule has 180 valence electrons. The lowest BCUT2D eigenvalue weighted by molar-refractivity contribution is 0.284. The zero-order valence-corrected chi connectivity index (χ0v) is 20.5. The molecule has 1 atom stereocenters. The smallest absolute Gasteiger partial charge is 0.229 e. The fraction of sp³-hybridized carbons (Fsp3) is 0.143. The number of aromatic nitrogens is 2. The van der Waals surface area contributed by atoms with Gasteiger partial charge in [0.15, 0.2) is 11.5 Å². The topological polar surface area (TPSA) is 95.3 Å². The molecule has 0 saturated carbocycles. The lowest BCUT2D eigenvalue weighted by Gasteiger charge is -2.25. The van der Waals surface area contributed by atoms with Crippen LogP contribution in [0.3, 0.4) is 0 Å². The largest absolute Gasteiger partial charge is 0.493 e. The molecule has 0 unspecified atom stereocenters. The second-order valence-electron chi connectivity index (χ2n) is 8.27. The normalized spacial score (nSPS) is 14.6. The van der Waals surface area contributed by atoms with Crippen molar-refractivity contribution in [3.63, 3.8) is 0 Å². The van der Waals surface area contributed by atoms with Crippen LogP contribution in [0.25, 0.3) is 5.69 Å². The second kappa shape index (κ2) is 9.68. The Kier molecular flexibility index (Phi) is 6.28. The number of aryl methyl sites for hydroxylation is 1. The number of nitrogens with two attached hydrogens (primary N) is 1. The maximum absolute atomic E-state index is 10.0. The minimum atomic E-state index is -0.496. The van der Waals surface area contributed by atoms with Crippen LogP contribution >= 0.6 is 11.6 Å². The molecule has 3 aromatic carbocycles. The number of para-hydroxylation sites is 1. The van der Waals surface area contributed by atoms with E-state index in [9.17, 15) is 5.26 Å². The van der Waals surface area contributed by atoms with E-state index in [1.165, 1.54) is 0 Å². The molecule has 36 heavy (non-hydrogen) atoms. The summed E-state index contributed by atoms with van der Waals surface area (Å²) in [4.78, 5) is 0. The van der Waals surface area contributed by atoms with Gasteiger partial charge in [-0.1, -0.05) is 54.1 Å². The highest BCUT2D eigenvalue weighted by molar-refractivity contribution is 6.31. The van der Waals surface area contributed by atoms with E-state index in [4.69, 9.17) is 36.6 Å². The molecule has 7 nitrogen and oxygen atoms in total. The summed E-state index contributed by atoms with van der Waals surface area (Å²) in [5.41, 5.74) is 10.5. The number of nitrogens with zero attached hydrogens (tertiary/aromatic N) is 3. The highest BCUT2D eigenvalue weighted by Gasteiger charge is 2.36. The van der Waals surface area contributed by atoms with E-state index in [0.29, 0.717) is 28.0 Å². The summed E-state index contributed by atoms with van der Waals surface area (Å²) in [6.45, 7) is 2.15. The third-order valence-electron chi connectivity index (χ3n) is 6.10. The average molecular weight is 499 g/mol. The number of nitriles is 1. The van der Waals surface area contributed by atoms with Gasteiger partial charge in [0, 0.05) is 10.6 Å². The maximum Gasteiger partial charge on any atom is 0.229 e. The first-order chi connectivity index (χ1) is 17.5. The summed E-state index contributed by atoms with van der Waals surface area (Å²) >= 11 is 6.31. The van der Waals surface area contributed by atoms with Gasteiger partial charge in [0.05, 0.1) is 30.0 Å². The van der Waals surface area contributed by atoms with Gasteiger partial charge >= 0.3 is 0 Å². The van der Waals surface area contributed by atoms with Crippen LogP contribution in [0.4, 0.5) is 0 Å². The number of methoxy groups -OCH3 is 1. The predicted octanol–water partition coefficient (Wildman–Crippen LogP) is 5.64. The molecule has 0 bridgehead atoms. The number of ether oxygens (including phenoxy) is 3. The Morgan fingerprint density at radius 3 is 2.56 bits per heavy atom. The summed E-state index contributed by atoms with van der Waals surface area (Å²) in [7, 11) is 1.58. The van der Waals surface area contributed by atoms with Crippen LogP contribution in [-0.4, -0.2) is 16.9 Å². The van der Waals surface area contributed by atoms with Crippen molar-refractivity contribution in [1.29, 1.82) is 5.26 Å². The number of hydrogen-bond donors (Lipinski definition) is 1. The Morgan fingerprint density at radius 2 is 1.83 bits per heavy atom. The molecule has 2 heterocycles. The molecule has 0 spiro atoms. The Hall–Kier alpha value is -4.41. The second-order valence-corrected chi connectivity index (χ2v) is 8.67. The molecular formula is C28H23ClN4O3. The standard InChI is InChI=1S/C28H23ClN4O3/c1-17-25-26(21(15-30)27(31)36-28(25)33(32-17)20-9-4-3-5-10-20)18-12-13-23(34-2)24(14-18)35-16-19-8-6-7-11-22(19)29/h3-14,26H,16,31H2,1-2H3/t26-/m0/s1. The van der Waals surface area contributed by atoms with Crippen molar-refractivity contribution in [3.8, 4) is 29.1 Å². The van der Waals surface area contributed by atoms with Crippen molar-refractivity contribution in [2.45, 2.75) is 19.4 Å². The maximum atomic E-state index is 10.0. The van der Waals surface area contributed by atoms with Crippen molar-refractivity contribution >= 4 is 11.6 Å². The van der Waals surface area contributed by atoms with Crippen LogP contribution in [0, 0.1) is 18.3 Å². The van der Waals surface area contributed by atoms with Gasteiger partial charge in [-0.3, -0.25) is 0 Å². The van der Waals surface area contributed by atoms with Gasteiger partial charge in [0.2, 0.25) is 11.8 Å². The minimum absolute atomic E-state index is 0.0430. The molecule has 0 saturated heterocycles. The first-order valence-corrected chi connectivity index (χ1v) is 11.7. The lowest BCUT2D eigenvalue weighted by Crippen LogP contribution is -2.22. The minimum Gasteiger partial charge on any atom is -0.493 e. The van der Waals surface area contributed by atoms with Gasteiger partial charge in [-0.2, -0.15) is 10.4 Å². The number of allylic oxidation sites excluding steroid dienone is 1. The van der Waals surface area contributed by atoms with Gasteiger partial charge in [-0.25, -0.2) is 4.68 Å². The van der Waals surface area contributed by atoms with Crippen molar-refractivity contribution in [2.24, 2.45) is 5.73 Å². The van der Waals surface area contributed by atoms with E-state index in [-0.39, 0.29) is 12.5 Å². The summed E-state index contributed by atoms with van der Waals surface area (Å²) < 4.78 is 19.3. The third kappa shape index (κ3) is 4.12. The molecule has 1 aliphatic rings. The van der Waals surface area contributed by atoms with Gasteiger partial charge in [0.1, 0.15) is 18.2 Å². The van der Waals surface area contributed by atoms with E-state index in [2.05, 4.69) is 6.07 Å². The number of halogens is 1.